The highest BCUT2D eigenvalue weighted by atomic mass is 79.9. The molecule has 1 aromatic carbocycles. The Bertz CT molecular complexity index is 414. The molecule has 0 N–H and O–H groups in total. The molecule has 0 aliphatic rings. The zero-order valence-electron chi connectivity index (χ0n) is 13.1. The first-order valence-electron chi connectivity index (χ1n) is 7.86. The lowest BCUT2D eigenvalue weighted by Gasteiger charge is -2.07. The van der Waals surface area contributed by atoms with Crippen LogP contribution < -0.4 is 0 Å². The highest BCUT2D eigenvalue weighted by molar-refractivity contribution is 9.10. The van der Waals surface area contributed by atoms with E-state index in [1.54, 1.807) is 0 Å². The molecule has 0 heterocycles. The first kappa shape index (κ1) is 17.4. The standard InChI is InChI=1S/C18H27BrO/c1-4-5-6-7-8-9-10-11-17(20)16-12-14(2)18(19)15(3)13-16/h12-13H,4-11H2,1-3H3. The van der Waals surface area contributed by atoms with Crippen molar-refractivity contribution in [2.75, 3.05) is 0 Å². The van der Waals surface area contributed by atoms with Crippen LogP contribution in [-0.2, 0) is 0 Å². The maximum Gasteiger partial charge on any atom is 0.162 e. The largest absolute Gasteiger partial charge is 0.294 e. The first-order chi connectivity index (χ1) is 9.56. The number of hydrogen-bond donors (Lipinski definition) is 0. The van der Waals surface area contributed by atoms with E-state index in [1.807, 2.05) is 26.0 Å². The van der Waals surface area contributed by atoms with E-state index in [1.165, 1.54) is 38.5 Å². The lowest BCUT2D eigenvalue weighted by Crippen LogP contribution is -2.01. The number of carbonyl (C=O) groups excluding carboxylic acids is 1. The smallest absolute Gasteiger partial charge is 0.162 e. The molecule has 1 rings (SSSR count). The minimum Gasteiger partial charge on any atom is -0.294 e. The molecule has 20 heavy (non-hydrogen) atoms. The fraction of sp³-hybridized carbons (Fsp3) is 0.611. The number of Topliss-reactive ketones (excluding diaryl/α,β-unsaturated/α-hetero) is 1. The third-order valence-electron chi connectivity index (χ3n) is 3.77. The molecular weight excluding hydrogens is 312 g/mol. The monoisotopic (exact) mass is 338 g/mol. The van der Waals surface area contributed by atoms with Crippen molar-refractivity contribution in [1.82, 2.24) is 0 Å². The molecule has 2 heteroatoms. The summed E-state index contributed by atoms with van der Waals surface area (Å²) >= 11 is 3.54. The van der Waals surface area contributed by atoms with Gasteiger partial charge in [0, 0.05) is 16.5 Å². The van der Waals surface area contributed by atoms with Crippen molar-refractivity contribution in [3.8, 4) is 0 Å². The molecule has 1 nitrogen and oxygen atoms in total. The van der Waals surface area contributed by atoms with Gasteiger partial charge < -0.3 is 0 Å². The average Bonchev–Trinajstić information content (AvgIpc) is 2.43. The maximum atomic E-state index is 12.2. The molecule has 0 aliphatic carbocycles. The first-order valence-corrected chi connectivity index (χ1v) is 8.65. The summed E-state index contributed by atoms with van der Waals surface area (Å²) in [7, 11) is 0. The predicted molar refractivity (Wildman–Crippen MR) is 90.6 cm³/mol. The van der Waals surface area contributed by atoms with Gasteiger partial charge in [0.15, 0.2) is 5.78 Å². The Kier molecular flexibility index (Phi) is 8.13. The number of halogens is 1. The lowest BCUT2D eigenvalue weighted by atomic mass is 10.00. The van der Waals surface area contributed by atoms with Crippen LogP contribution in [0.2, 0.25) is 0 Å². The molecule has 0 aromatic heterocycles. The Morgan fingerprint density at radius 1 is 0.950 bits per heavy atom. The highest BCUT2D eigenvalue weighted by Crippen LogP contribution is 2.23. The number of unbranched alkanes of at least 4 members (excludes halogenated alkanes) is 6. The third kappa shape index (κ3) is 5.78. The Morgan fingerprint density at radius 2 is 1.45 bits per heavy atom. The fourth-order valence-electron chi connectivity index (χ4n) is 2.49. The van der Waals surface area contributed by atoms with Crippen molar-refractivity contribution in [2.24, 2.45) is 0 Å². The van der Waals surface area contributed by atoms with Crippen LogP contribution in [-0.4, -0.2) is 5.78 Å². The van der Waals surface area contributed by atoms with E-state index in [2.05, 4.69) is 22.9 Å². The van der Waals surface area contributed by atoms with Gasteiger partial charge in [0.2, 0.25) is 0 Å². The molecule has 0 bridgehead atoms. The van der Waals surface area contributed by atoms with Crippen LogP contribution in [0.4, 0.5) is 0 Å². The van der Waals surface area contributed by atoms with Crippen LogP contribution in [0, 0.1) is 13.8 Å². The van der Waals surface area contributed by atoms with Crippen molar-refractivity contribution >= 4 is 21.7 Å². The summed E-state index contributed by atoms with van der Waals surface area (Å²) in [6.45, 7) is 6.32. The molecule has 0 fully saturated rings. The molecule has 1 aromatic rings. The van der Waals surface area contributed by atoms with E-state index in [4.69, 9.17) is 0 Å². The van der Waals surface area contributed by atoms with Gasteiger partial charge in [-0.1, -0.05) is 61.4 Å². The molecule has 0 amide bonds. The van der Waals surface area contributed by atoms with Gasteiger partial charge in [-0.15, -0.1) is 0 Å². The van der Waals surface area contributed by atoms with E-state index < -0.39 is 0 Å². The summed E-state index contributed by atoms with van der Waals surface area (Å²) < 4.78 is 1.12. The Labute approximate surface area is 132 Å². The van der Waals surface area contributed by atoms with Gasteiger partial charge in [0.25, 0.3) is 0 Å². The van der Waals surface area contributed by atoms with Crippen molar-refractivity contribution in [3.63, 3.8) is 0 Å². The third-order valence-corrected chi connectivity index (χ3v) is 5.02. The minimum atomic E-state index is 0.289. The number of ketones is 1. The quantitative estimate of drug-likeness (QED) is 0.376. The number of hydrogen-bond acceptors (Lipinski definition) is 1. The fourth-order valence-corrected chi connectivity index (χ4v) is 2.72. The second kappa shape index (κ2) is 9.33. The molecule has 0 saturated carbocycles. The summed E-state index contributed by atoms with van der Waals surface area (Å²) in [6.07, 6.45) is 9.47. The lowest BCUT2D eigenvalue weighted by molar-refractivity contribution is 0.0979. The zero-order valence-corrected chi connectivity index (χ0v) is 14.7. The summed E-state index contributed by atoms with van der Waals surface area (Å²) in [6, 6.07) is 4.00. The molecular formula is C18H27BrO. The van der Waals surface area contributed by atoms with Crippen LogP contribution in [0.1, 0.15) is 79.8 Å². The van der Waals surface area contributed by atoms with Gasteiger partial charge in [0.1, 0.15) is 0 Å². The van der Waals surface area contributed by atoms with Crippen molar-refractivity contribution in [1.29, 1.82) is 0 Å². The number of aryl methyl sites for hydroxylation is 2. The summed E-state index contributed by atoms with van der Waals surface area (Å²) in [4.78, 5) is 12.2. The van der Waals surface area contributed by atoms with E-state index in [0.29, 0.717) is 6.42 Å². The van der Waals surface area contributed by atoms with E-state index in [-0.39, 0.29) is 5.78 Å². The zero-order chi connectivity index (χ0) is 15.0. The van der Waals surface area contributed by atoms with Crippen LogP contribution in [0.5, 0.6) is 0 Å². The van der Waals surface area contributed by atoms with Gasteiger partial charge in [-0.3, -0.25) is 4.79 Å². The predicted octanol–water partition coefficient (Wildman–Crippen LogP) is 6.39. The Hall–Kier alpha value is -0.630. The van der Waals surface area contributed by atoms with Crippen LogP contribution in [0.25, 0.3) is 0 Å². The maximum absolute atomic E-state index is 12.2. The second-order valence-corrected chi connectivity index (χ2v) is 6.51. The molecule has 0 radical (unpaired) electrons. The SMILES string of the molecule is CCCCCCCCCC(=O)c1cc(C)c(Br)c(C)c1. The van der Waals surface area contributed by atoms with Crippen LogP contribution >= 0.6 is 15.9 Å². The van der Waals surface area contributed by atoms with Crippen molar-refractivity contribution < 1.29 is 4.79 Å². The summed E-state index contributed by atoms with van der Waals surface area (Å²) in [5.41, 5.74) is 3.16. The Balaban J connectivity index is 2.33. The van der Waals surface area contributed by atoms with Crippen molar-refractivity contribution in [3.05, 3.63) is 33.3 Å². The molecule has 0 aliphatic heterocycles. The molecule has 0 saturated heterocycles. The van der Waals surface area contributed by atoms with Crippen molar-refractivity contribution in [2.45, 2.75) is 72.1 Å². The normalized spacial score (nSPS) is 10.8. The molecule has 112 valence electrons. The molecule has 0 spiro atoms. The highest BCUT2D eigenvalue weighted by Gasteiger charge is 2.09. The number of carbonyl (C=O) groups is 1. The van der Waals surface area contributed by atoms with Gasteiger partial charge in [-0.25, -0.2) is 0 Å². The molecule has 0 atom stereocenters. The van der Waals surface area contributed by atoms with Gasteiger partial charge in [0.05, 0.1) is 0 Å². The minimum absolute atomic E-state index is 0.289. The second-order valence-electron chi connectivity index (χ2n) is 5.72. The van der Waals surface area contributed by atoms with Gasteiger partial charge in [-0.05, 0) is 43.5 Å². The van der Waals surface area contributed by atoms with Gasteiger partial charge in [-0.2, -0.15) is 0 Å². The number of rotatable bonds is 9. The van der Waals surface area contributed by atoms with Gasteiger partial charge >= 0.3 is 0 Å². The number of benzene rings is 1. The summed E-state index contributed by atoms with van der Waals surface area (Å²) in [5.74, 6) is 0.289. The summed E-state index contributed by atoms with van der Waals surface area (Å²) in [5, 5.41) is 0. The topological polar surface area (TPSA) is 17.1 Å². The van der Waals surface area contributed by atoms with E-state index in [0.717, 1.165) is 27.6 Å². The van der Waals surface area contributed by atoms with E-state index >= 15 is 0 Å². The molecule has 0 unspecified atom stereocenters. The van der Waals surface area contributed by atoms with Crippen LogP contribution in [0.3, 0.4) is 0 Å². The average molecular weight is 339 g/mol. The van der Waals surface area contributed by atoms with E-state index in [9.17, 15) is 4.79 Å². The Morgan fingerprint density at radius 3 is 2.00 bits per heavy atom. The van der Waals surface area contributed by atoms with Crippen LogP contribution in [0.15, 0.2) is 16.6 Å².